The third kappa shape index (κ3) is 4.21. The number of fused-ring (bicyclic) bond motifs is 1. The van der Waals surface area contributed by atoms with Gasteiger partial charge in [-0.25, -0.2) is 13.3 Å². The number of sulfone groups is 1. The van der Waals surface area contributed by atoms with Crippen LogP contribution in [0.4, 0.5) is 5.69 Å². The first kappa shape index (κ1) is 23.6. The zero-order chi connectivity index (χ0) is 25.3. The van der Waals surface area contributed by atoms with E-state index in [1.807, 2.05) is 0 Å². The minimum absolute atomic E-state index is 0.162. The van der Waals surface area contributed by atoms with Gasteiger partial charge in [-0.3, -0.25) is 19.4 Å². The molecule has 1 N–H and O–H groups in total. The average Bonchev–Trinajstić information content (AvgIpc) is 3.53. The molecule has 0 saturated heterocycles. The predicted molar refractivity (Wildman–Crippen MR) is 135 cm³/mol. The molecule has 0 fully saturated rings. The van der Waals surface area contributed by atoms with E-state index in [-0.39, 0.29) is 16.3 Å². The monoisotopic (exact) mass is 517 g/mol. The van der Waals surface area contributed by atoms with Crippen molar-refractivity contribution in [3.8, 4) is 0 Å². The van der Waals surface area contributed by atoms with Crippen LogP contribution < -0.4 is 10.2 Å². The van der Waals surface area contributed by atoms with Gasteiger partial charge in [-0.05, 0) is 59.5 Å². The van der Waals surface area contributed by atoms with Crippen LogP contribution in [-0.4, -0.2) is 37.7 Å². The lowest BCUT2D eigenvalue weighted by molar-refractivity contribution is 0.0923. The van der Waals surface area contributed by atoms with Crippen molar-refractivity contribution < 1.29 is 22.8 Å². The number of rotatable bonds is 7. The summed E-state index contributed by atoms with van der Waals surface area (Å²) in [7, 11) is -3.76. The third-order valence-corrected chi connectivity index (χ3v) is 9.37. The summed E-state index contributed by atoms with van der Waals surface area (Å²) in [6, 6.07) is 19.1. The van der Waals surface area contributed by atoms with Gasteiger partial charge >= 0.3 is 0 Å². The van der Waals surface area contributed by atoms with Gasteiger partial charge in [0.05, 0.1) is 16.8 Å². The molecule has 2 aromatic carbocycles. The van der Waals surface area contributed by atoms with Crippen LogP contribution in [0.2, 0.25) is 0 Å². The quantitative estimate of drug-likeness (QED) is 0.372. The Hall–Kier alpha value is -4.15. The number of carbonyl (C=O) groups is 3. The molecule has 0 saturated carbocycles. The van der Waals surface area contributed by atoms with E-state index in [0.717, 1.165) is 16.2 Å². The van der Waals surface area contributed by atoms with Crippen LogP contribution in [-0.2, 0) is 9.84 Å². The second kappa shape index (κ2) is 9.48. The number of amides is 3. The molecule has 3 heterocycles. The maximum absolute atomic E-state index is 13.3. The fourth-order valence-electron chi connectivity index (χ4n) is 4.01. The van der Waals surface area contributed by atoms with Gasteiger partial charge in [0, 0.05) is 24.5 Å². The number of nitrogens with one attached hydrogen (secondary N) is 1. The molecular weight excluding hydrogens is 498 g/mol. The van der Waals surface area contributed by atoms with Crippen LogP contribution in [0.25, 0.3) is 0 Å². The van der Waals surface area contributed by atoms with Gasteiger partial charge in [0.2, 0.25) is 0 Å². The first-order valence-corrected chi connectivity index (χ1v) is 13.3. The van der Waals surface area contributed by atoms with Crippen molar-refractivity contribution in [2.75, 3.05) is 11.4 Å². The zero-order valence-corrected chi connectivity index (χ0v) is 20.3. The van der Waals surface area contributed by atoms with Crippen molar-refractivity contribution in [1.29, 1.82) is 0 Å². The maximum Gasteiger partial charge on any atom is 0.266 e. The Morgan fingerprint density at radius 1 is 0.917 bits per heavy atom. The van der Waals surface area contributed by atoms with Gasteiger partial charge in [-0.1, -0.05) is 24.3 Å². The molecule has 36 heavy (non-hydrogen) atoms. The van der Waals surface area contributed by atoms with E-state index < -0.39 is 32.8 Å². The highest BCUT2D eigenvalue weighted by atomic mass is 32.2. The van der Waals surface area contributed by atoms with Gasteiger partial charge in [-0.2, -0.15) is 0 Å². The Labute approximate surface area is 211 Å². The summed E-state index contributed by atoms with van der Waals surface area (Å²) < 4.78 is 26.7. The van der Waals surface area contributed by atoms with Crippen molar-refractivity contribution in [2.24, 2.45) is 0 Å². The van der Waals surface area contributed by atoms with E-state index in [1.54, 1.807) is 54.0 Å². The highest BCUT2D eigenvalue weighted by molar-refractivity contribution is 7.93. The van der Waals surface area contributed by atoms with Crippen molar-refractivity contribution in [2.45, 2.75) is 9.46 Å². The Kier molecular flexibility index (Phi) is 6.21. The highest BCUT2D eigenvalue weighted by Crippen LogP contribution is 2.31. The Bertz CT molecular complexity index is 1520. The topological polar surface area (TPSA) is 114 Å². The van der Waals surface area contributed by atoms with E-state index in [0.29, 0.717) is 22.4 Å². The molecule has 4 aromatic rings. The molecule has 0 radical (unpaired) electrons. The van der Waals surface area contributed by atoms with E-state index >= 15 is 0 Å². The number of hydrogen-bond donors (Lipinski definition) is 1. The predicted octanol–water partition coefficient (Wildman–Crippen LogP) is 3.89. The first-order valence-electron chi connectivity index (χ1n) is 10.9. The summed E-state index contributed by atoms with van der Waals surface area (Å²) in [6.45, 7) is -0.162. The smallest absolute Gasteiger partial charge is 0.266 e. The summed E-state index contributed by atoms with van der Waals surface area (Å²) in [5.74, 6) is -1.34. The fourth-order valence-corrected chi connectivity index (χ4v) is 6.86. The van der Waals surface area contributed by atoms with Crippen molar-refractivity contribution in [3.63, 3.8) is 0 Å². The summed E-state index contributed by atoms with van der Waals surface area (Å²) in [4.78, 5) is 43.4. The number of anilines is 1. The van der Waals surface area contributed by atoms with Crippen LogP contribution in [0.15, 0.2) is 94.8 Å². The van der Waals surface area contributed by atoms with Crippen LogP contribution in [0.1, 0.15) is 41.9 Å². The van der Waals surface area contributed by atoms with Gasteiger partial charge in [0.25, 0.3) is 17.7 Å². The summed E-state index contributed by atoms with van der Waals surface area (Å²) in [5, 5.41) is 3.36. The molecule has 1 aliphatic rings. The lowest BCUT2D eigenvalue weighted by Gasteiger charge is -2.18. The molecule has 8 nitrogen and oxygen atoms in total. The Morgan fingerprint density at radius 3 is 2.19 bits per heavy atom. The van der Waals surface area contributed by atoms with Crippen molar-refractivity contribution >= 4 is 44.6 Å². The molecule has 0 spiro atoms. The van der Waals surface area contributed by atoms with E-state index in [4.69, 9.17) is 0 Å². The van der Waals surface area contributed by atoms with E-state index in [1.165, 1.54) is 36.5 Å². The summed E-state index contributed by atoms with van der Waals surface area (Å²) in [5.41, 5.74) is 1.72. The second-order valence-electron chi connectivity index (χ2n) is 8.00. The average molecular weight is 518 g/mol. The van der Waals surface area contributed by atoms with Crippen molar-refractivity contribution in [3.05, 3.63) is 113 Å². The molecule has 1 atom stereocenters. The Balaban J connectivity index is 1.33. The van der Waals surface area contributed by atoms with Crippen LogP contribution in [0, 0.1) is 0 Å². The molecule has 10 heteroatoms. The van der Waals surface area contributed by atoms with Gasteiger partial charge in [-0.15, -0.1) is 11.3 Å². The van der Waals surface area contributed by atoms with E-state index in [2.05, 4.69) is 10.3 Å². The second-order valence-corrected chi connectivity index (χ2v) is 11.3. The lowest BCUT2D eigenvalue weighted by atomic mass is 10.1. The largest absolute Gasteiger partial charge is 0.350 e. The molecule has 0 bridgehead atoms. The molecular formula is C26H19N3O5S2. The van der Waals surface area contributed by atoms with Crippen LogP contribution in [0.5, 0.6) is 0 Å². The van der Waals surface area contributed by atoms with Crippen LogP contribution in [0.3, 0.4) is 0 Å². The van der Waals surface area contributed by atoms with Gasteiger partial charge in [0.1, 0.15) is 9.46 Å². The number of pyridine rings is 1. The maximum atomic E-state index is 13.3. The molecule has 180 valence electrons. The minimum Gasteiger partial charge on any atom is -0.350 e. The number of carbonyl (C=O) groups excluding carboxylic acids is 3. The Morgan fingerprint density at radius 2 is 1.61 bits per heavy atom. The van der Waals surface area contributed by atoms with E-state index in [9.17, 15) is 22.8 Å². The van der Waals surface area contributed by atoms with Crippen molar-refractivity contribution in [1.82, 2.24) is 10.3 Å². The van der Waals surface area contributed by atoms with Gasteiger partial charge in [0.15, 0.2) is 9.84 Å². The molecule has 5 rings (SSSR count). The first-order chi connectivity index (χ1) is 17.4. The lowest BCUT2D eigenvalue weighted by Crippen LogP contribution is -2.32. The molecule has 1 aliphatic heterocycles. The summed E-state index contributed by atoms with van der Waals surface area (Å²) >= 11 is 1.11. The minimum atomic E-state index is -3.76. The zero-order valence-electron chi connectivity index (χ0n) is 18.7. The SMILES string of the molecule is O=C(NCC(c1cccnc1)S(=O)(=O)c1cccs1)c1ccc(N2C(=O)c3ccccc3C2=O)cc1. The van der Waals surface area contributed by atoms with Gasteiger partial charge < -0.3 is 5.32 Å². The fraction of sp³-hybridized carbons (Fsp3) is 0.0769. The number of benzene rings is 2. The number of aromatic nitrogens is 1. The molecule has 3 amide bonds. The summed E-state index contributed by atoms with van der Waals surface area (Å²) in [6.07, 6.45) is 3.02. The normalized spacial score (nSPS) is 13.9. The molecule has 0 aliphatic carbocycles. The third-order valence-electron chi connectivity index (χ3n) is 5.84. The number of nitrogens with zero attached hydrogens (tertiary/aromatic N) is 2. The number of imide groups is 1. The number of thiophene rings is 1. The standard InChI is InChI=1S/C26H19N3O5S2/c30-24(28-16-22(18-5-3-13-27-15-18)36(33,34)23-8-4-14-35-23)17-9-11-19(12-10-17)29-25(31)20-6-1-2-7-21(20)26(29)32/h1-15,22H,16H2,(H,28,30). The number of hydrogen-bond acceptors (Lipinski definition) is 7. The highest BCUT2D eigenvalue weighted by Gasteiger charge is 2.36. The van der Waals surface area contributed by atoms with Crippen LogP contribution >= 0.6 is 11.3 Å². The molecule has 1 unspecified atom stereocenters. The molecule has 2 aromatic heterocycles.